The zero-order valence-electron chi connectivity index (χ0n) is 26.4. The highest BCUT2D eigenvalue weighted by molar-refractivity contribution is 5.37. The third-order valence-electron chi connectivity index (χ3n) is 12.3. The fraction of sp³-hybridized carbons (Fsp3) is 0.650. The summed E-state index contributed by atoms with van der Waals surface area (Å²) in [6.07, 6.45) is 39.3. The van der Waals surface area contributed by atoms with Crippen LogP contribution in [0.1, 0.15) is 98.3 Å². The van der Waals surface area contributed by atoms with Gasteiger partial charge in [0.1, 0.15) is 11.9 Å². The monoisotopic (exact) mass is 552 g/mol. The predicted molar refractivity (Wildman–Crippen MR) is 174 cm³/mol. The standard InChI is InChI=1S/C40H56O/c1-6-33(22-11-27(3)4)41-34-23-20-32(21-24-34)40(7-2,39-36-10-8-9-35(36)37-26-38(37)39)31-18-16-30(17-19-31)25-29-14-12-28(5)13-15-29/h6,11-12,14,16,18,20-23,28-31,34-39H,3,7-10,13,15,17,19,24-26H2,1-2,4-5H3/b22-11-,33-6+. The molecule has 3 saturated carbocycles. The third-order valence-corrected chi connectivity index (χ3v) is 12.3. The van der Waals surface area contributed by atoms with E-state index in [-0.39, 0.29) is 11.5 Å². The number of hydrogen-bond donors (Lipinski definition) is 0. The number of rotatable bonds is 10. The van der Waals surface area contributed by atoms with Gasteiger partial charge in [0, 0.05) is 11.8 Å². The second-order valence-corrected chi connectivity index (χ2v) is 14.8. The molecule has 41 heavy (non-hydrogen) atoms. The zero-order chi connectivity index (χ0) is 28.6. The molecule has 1 heteroatoms. The average Bonchev–Trinajstić information content (AvgIpc) is 3.48. The summed E-state index contributed by atoms with van der Waals surface area (Å²) in [6, 6.07) is 0. The van der Waals surface area contributed by atoms with Crippen LogP contribution in [0.5, 0.6) is 0 Å². The summed E-state index contributed by atoms with van der Waals surface area (Å²) >= 11 is 0. The SMILES string of the molecule is C=C(C)/C=C\C(=C/C)OC1C=CC(C(CC)(C2C=CC(CC3C=CC(C)CC3)CC2)C2C3CCCC3C3CC32)=CC1. The Balaban J connectivity index is 1.23. The van der Waals surface area contributed by atoms with Crippen molar-refractivity contribution in [3.8, 4) is 0 Å². The van der Waals surface area contributed by atoms with Gasteiger partial charge >= 0.3 is 0 Å². The first-order valence-electron chi connectivity index (χ1n) is 17.3. The Morgan fingerprint density at radius 2 is 1.71 bits per heavy atom. The normalized spacial score (nSPS) is 41.2. The second kappa shape index (κ2) is 12.3. The van der Waals surface area contributed by atoms with Gasteiger partial charge in [0.05, 0.1) is 0 Å². The Labute approximate surface area is 251 Å². The molecule has 11 unspecified atom stereocenters. The predicted octanol–water partition coefficient (Wildman–Crippen LogP) is 10.9. The molecule has 11 atom stereocenters. The molecule has 0 saturated heterocycles. The Morgan fingerprint density at radius 3 is 2.34 bits per heavy atom. The molecular weight excluding hydrogens is 496 g/mol. The molecule has 0 aromatic heterocycles. The van der Waals surface area contributed by atoms with Crippen molar-refractivity contribution in [2.24, 2.45) is 58.7 Å². The van der Waals surface area contributed by atoms with E-state index in [0.717, 1.165) is 65.1 Å². The van der Waals surface area contributed by atoms with Gasteiger partial charge in [-0.05, 0) is 149 Å². The Hall–Kier alpha value is -2.02. The maximum Gasteiger partial charge on any atom is 0.121 e. The summed E-state index contributed by atoms with van der Waals surface area (Å²) in [5, 5.41) is 0. The number of fused-ring (bicyclic) bond motifs is 3. The van der Waals surface area contributed by atoms with Crippen LogP contribution in [0.2, 0.25) is 0 Å². The Kier molecular flexibility index (Phi) is 8.72. The summed E-state index contributed by atoms with van der Waals surface area (Å²) in [5.74, 6) is 8.84. The van der Waals surface area contributed by atoms with Gasteiger partial charge in [0.15, 0.2) is 0 Å². The first-order valence-corrected chi connectivity index (χ1v) is 17.3. The minimum atomic E-state index is 0.114. The van der Waals surface area contributed by atoms with E-state index in [1.165, 1.54) is 64.2 Å². The van der Waals surface area contributed by atoms with Gasteiger partial charge in [-0.15, -0.1) is 0 Å². The van der Waals surface area contributed by atoms with Crippen molar-refractivity contribution in [3.63, 3.8) is 0 Å². The molecule has 222 valence electrons. The molecule has 0 aromatic carbocycles. The lowest BCUT2D eigenvalue weighted by Gasteiger charge is -2.50. The lowest BCUT2D eigenvalue weighted by Crippen LogP contribution is -2.43. The summed E-state index contributed by atoms with van der Waals surface area (Å²) in [7, 11) is 0. The smallest absolute Gasteiger partial charge is 0.121 e. The highest BCUT2D eigenvalue weighted by Crippen LogP contribution is 2.73. The molecule has 6 rings (SSSR count). The van der Waals surface area contributed by atoms with Crippen LogP contribution >= 0.6 is 0 Å². The van der Waals surface area contributed by atoms with Gasteiger partial charge in [0.25, 0.3) is 0 Å². The van der Waals surface area contributed by atoms with Crippen LogP contribution in [0.4, 0.5) is 0 Å². The molecular formula is C40H56O. The highest BCUT2D eigenvalue weighted by Gasteiger charge is 2.66. The van der Waals surface area contributed by atoms with E-state index in [1.807, 2.05) is 13.0 Å². The average molecular weight is 553 g/mol. The molecule has 0 aromatic rings. The minimum Gasteiger partial charge on any atom is -0.486 e. The van der Waals surface area contributed by atoms with Crippen molar-refractivity contribution in [2.75, 3.05) is 0 Å². The van der Waals surface area contributed by atoms with Crippen molar-refractivity contribution in [1.82, 2.24) is 0 Å². The van der Waals surface area contributed by atoms with Gasteiger partial charge < -0.3 is 4.74 Å². The second-order valence-electron chi connectivity index (χ2n) is 14.8. The molecule has 6 aliphatic rings. The molecule has 0 spiro atoms. The molecule has 0 bridgehead atoms. The van der Waals surface area contributed by atoms with Gasteiger partial charge in [0.2, 0.25) is 0 Å². The third kappa shape index (κ3) is 5.81. The maximum atomic E-state index is 6.43. The quantitative estimate of drug-likeness (QED) is 0.149. The van der Waals surface area contributed by atoms with Gasteiger partial charge in [-0.2, -0.15) is 0 Å². The van der Waals surface area contributed by atoms with E-state index >= 15 is 0 Å². The maximum absolute atomic E-state index is 6.43. The summed E-state index contributed by atoms with van der Waals surface area (Å²) in [4.78, 5) is 0. The summed E-state index contributed by atoms with van der Waals surface area (Å²) < 4.78 is 6.43. The van der Waals surface area contributed by atoms with E-state index in [2.05, 4.69) is 82.0 Å². The molecule has 0 radical (unpaired) electrons. The van der Waals surface area contributed by atoms with Gasteiger partial charge in [-0.1, -0.05) is 75.0 Å². The fourth-order valence-corrected chi connectivity index (χ4v) is 10.3. The van der Waals surface area contributed by atoms with E-state index < -0.39 is 0 Å². The Bertz CT molecular complexity index is 1140. The van der Waals surface area contributed by atoms with Crippen LogP contribution in [0, 0.1) is 58.7 Å². The summed E-state index contributed by atoms with van der Waals surface area (Å²) in [5.41, 5.74) is 2.99. The number of hydrogen-bond acceptors (Lipinski definition) is 1. The highest BCUT2D eigenvalue weighted by atomic mass is 16.5. The molecule has 0 aliphatic heterocycles. The fourth-order valence-electron chi connectivity index (χ4n) is 10.3. The first-order chi connectivity index (χ1) is 19.9. The van der Waals surface area contributed by atoms with Crippen LogP contribution in [-0.4, -0.2) is 6.10 Å². The molecule has 0 amide bonds. The lowest BCUT2D eigenvalue weighted by atomic mass is 9.53. The van der Waals surface area contributed by atoms with E-state index in [9.17, 15) is 0 Å². The van der Waals surface area contributed by atoms with Gasteiger partial charge in [-0.25, -0.2) is 0 Å². The minimum absolute atomic E-state index is 0.114. The van der Waals surface area contributed by atoms with Crippen LogP contribution in [0.3, 0.4) is 0 Å². The molecule has 3 fully saturated rings. The van der Waals surface area contributed by atoms with E-state index in [0.29, 0.717) is 5.92 Å². The van der Waals surface area contributed by atoms with E-state index in [1.54, 1.807) is 5.57 Å². The lowest BCUT2D eigenvalue weighted by molar-refractivity contribution is 0.0663. The van der Waals surface area contributed by atoms with E-state index in [4.69, 9.17) is 4.74 Å². The van der Waals surface area contributed by atoms with Crippen LogP contribution in [-0.2, 0) is 4.74 Å². The van der Waals surface area contributed by atoms with Crippen LogP contribution < -0.4 is 0 Å². The first kappa shape index (κ1) is 29.1. The number of ether oxygens (including phenoxy) is 1. The van der Waals surface area contributed by atoms with Crippen molar-refractivity contribution in [2.45, 2.75) is 104 Å². The van der Waals surface area contributed by atoms with Crippen molar-refractivity contribution in [3.05, 3.63) is 84.2 Å². The zero-order valence-corrected chi connectivity index (χ0v) is 26.4. The molecule has 1 nitrogen and oxygen atoms in total. The number of allylic oxidation sites excluding steroid dienone is 10. The van der Waals surface area contributed by atoms with Crippen molar-refractivity contribution in [1.29, 1.82) is 0 Å². The Morgan fingerprint density at radius 1 is 0.927 bits per heavy atom. The molecule has 0 heterocycles. The molecule has 6 aliphatic carbocycles. The van der Waals surface area contributed by atoms with Crippen molar-refractivity contribution >= 4 is 0 Å². The topological polar surface area (TPSA) is 9.23 Å². The largest absolute Gasteiger partial charge is 0.486 e. The van der Waals surface area contributed by atoms with Crippen molar-refractivity contribution < 1.29 is 4.74 Å². The van der Waals surface area contributed by atoms with Crippen LogP contribution in [0.25, 0.3) is 0 Å². The van der Waals surface area contributed by atoms with Crippen LogP contribution in [0.15, 0.2) is 84.2 Å². The van der Waals surface area contributed by atoms with Gasteiger partial charge in [-0.3, -0.25) is 0 Å². The molecule has 0 N–H and O–H groups in total. The summed E-state index contributed by atoms with van der Waals surface area (Å²) in [6.45, 7) is 13.0.